The van der Waals surface area contributed by atoms with Crippen molar-refractivity contribution in [3.63, 3.8) is 0 Å². The number of aromatic hydroxyl groups is 3. The smallest absolute Gasteiger partial charge is 0.123 e. The summed E-state index contributed by atoms with van der Waals surface area (Å²) in [7, 11) is 5.92. The van der Waals surface area contributed by atoms with Crippen molar-refractivity contribution < 1.29 is 15.3 Å². The second kappa shape index (κ2) is 14.8. The van der Waals surface area contributed by atoms with E-state index in [1.54, 1.807) is 0 Å². The Balaban J connectivity index is 2.51. The van der Waals surface area contributed by atoms with E-state index >= 15 is 0 Å². The molecule has 4 aromatic rings. The molecule has 0 saturated carbocycles. The van der Waals surface area contributed by atoms with Gasteiger partial charge in [-0.15, -0.1) is 0 Å². The Labute approximate surface area is 345 Å². The average molecular weight is 778 g/mol. The molecule has 0 unspecified atom stereocenters. The number of hydrogen-bond acceptors (Lipinski definition) is 6. The monoisotopic (exact) mass is 778 g/mol. The molecule has 0 amide bonds. The van der Waals surface area contributed by atoms with Crippen LogP contribution in [0.25, 0.3) is 33.4 Å². The van der Waals surface area contributed by atoms with Crippen molar-refractivity contribution >= 4 is 17.1 Å². The molecule has 4 rings (SSSR count). The van der Waals surface area contributed by atoms with Crippen LogP contribution in [0.2, 0.25) is 0 Å². The zero-order valence-corrected chi connectivity index (χ0v) is 39.3. The number of nitrogens with one attached hydrogen (secondary N) is 3. The first kappa shape index (κ1) is 45.4. The van der Waals surface area contributed by atoms with Gasteiger partial charge < -0.3 is 31.3 Å². The Bertz CT molecular complexity index is 1790. The fraction of sp³-hybridized carbons (Fsp3) is 0.529. The fourth-order valence-corrected chi connectivity index (χ4v) is 8.13. The highest BCUT2D eigenvalue weighted by molar-refractivity contribution is 6.12. The summed E-state index contributed by atoms with van der Waals surface area (Å²) >= 11 is 0. The van der Waals surface area contributed by atoms with Crippen molar-refractivity contribution in [2.45, 2.75) is 157 Å². The minimum Gasteiger partial charge on any atom is -0.507 e. The van der Waals surface area contributed by atoms with Gasteiger partial charge in [-0.3, -0.25) is 0 Å². The van der Waals surface area contributed by atoms with Crippen molar-refractivity contribution in [3.8, 4) is 50.6 Å². The summed E-state index contributed by atoms with van der Waals surface area (Å²) < 4.78 is 0. The second-order valence-corrected chi connectivity index (χ2v) is 22.3. The lowest BCUT2D eigenvalue weighted by Crippen LogP contribution is -2.18. The summed E-state index contributed by atoms with van der Waals surface area (Å²) in [5, 5.41) is 46.8. The van der Waals surface area contributed by atoms with Crippen molar-refractivity contribution in [2.75, 3.05) is 37.1 Å². The van der Waals surface area contributed by atoms with E-state index in [0.717, 1.165) is 83.8 Å². The molecule has 0 heterocycles. The number of benzene rings is 4. The molecule has 312 valence electrons. The lowest BCUT2D eigenvalue weighted by molar-refractivity contribution is 0.422. The maximum Gasteiger partial charge on any atom is 0.123 e. The largest absolute Gasteiger partial charge is 0.507 e. The van der Waals surface area contributed by atoms with Crippen molar-refractivity contribution in [1.82, 2.24) is 0 Å². The van der Waals surface area contributed by atoms with E-state index in [0.29, 0.717) is 17.2 Å². The SMILES string of the molecule is CNc1c(-c2cc(C(C)(C)C)c(O)c(C(C)(C)C)c2)c(NC)c(-c2cc(C(C)(C)C)c(O)c(C(C)(C)C)c2)c(NC)c1-c1cc(C(C)(C)C)c(O)c(C(C)(C)C)c1. The minimum absolute atomic E-state index is 0.328. The average Bonchev–Trinajstić information content (AvgIpc) is 3.04. The standard InChI is InChI=1S/C51H75N3O3/c1-46(2,3)31-22-28(23-32(43(31)55)47(4,5)6)37-40(52-19)38(29-24-33(48(7,8)9)44(56)34(25-29)49(10,11)12)42(54-21)39(41(37)53-20)30-26-35(50(13,14)15)45(57)36(27-30)51(16,17)18/h22-27,52-57H,1-21H3. The third-order valence-electron chi connectivity index (χ3n) is 11.3. The molecule has 0 fully saturated rings. The van der Waals surface area contributed by atoms with Crippen molar-refractivity contribution in [2.24, 2.45) is 0 Å². The van der Waals surface area contributed by atoms with Gasteiger partial charge in [-0.25, -0.2) is 0 Å². The predicted octanol–water partition coefficient (Wildman–Crippen LogP) is 13.7. The van der Waals surface area contributed by atoms with Crippen LogP contribution >= 0.6 is 0 Å². The van der Waals surface area contributed by atoms with E-state index in [1.165, 1.54) is 0 Å². The first-order valence-corrected chi connectivity index (χ1v) is 20.6. The van der Waals surface area contributed by atoms with Gasteiger partial charge in [0.1, 0.15) is 17.2 Å². The maximum absolute atomic E-state index is 11.9. The van der Waals surface area contributed by atoms with E-state index < -0.39 is 0 Å². The Morgan fingerprint density at radius 3 is 0.544 bits per heavy atom. The normalized spacial score (nSPS) is 13.2. The zero-order chi connectivity index (χ0) is 43.8. The molecule has 0 spiro atoms. The van der Waals surface area contributed by atoms with Gasteiger partial charge in [0.2, 0.25) is 0 Å². The third-order valence-corrected chi connectivity index (χ3v) is 11.3. The van der Waals surface area contributed by atoms with E-state index in [4.69, 9.17) is 0 Å². The molecule has 57 heavy (non-hydrogen) atoms. The van der Waals surface area contributed by atoms with Crippen molar-refractivity contribution in [3.05, 3.63) is 69.8 Å². The molecule has 0 aliphatic carbocycles. The van der Waals surface area contributed by atoms with Gasteiger partial charge in [-0.05, 0) is 85.6 Å². The first-order valence-electron chi connectivity index (χ1n) is 20.6. The van der Waals surface area contributed by atoms with Crippen LogP contribution in [0.3, 0.4) is 0 Å². The molecular formula is C51H75N3O3. The minimum atomic E-state index is -0.351. The Morgan fingerprint density at radius 1 is 0.298 bits per heavy atom. The molecule has 0 saturated heterocycles. The molecule has 6 heteroatoms. The Morgan fingerprint density at radius 2 is 0.439 bits per heavy atom. The van der Waals surface area contributed by atoms with Gasteiger partial charge >= 0.3 is 0 Å². The molecular weight excluding hydrogens is 703 g/mol. The molecule has 0 aromatic heterocycles. The zero-order valence-electron chi connectivity index (χ0n) is 39.3. The molecule has 0 atom stereocenters. The summed E-state index contributed by atoms with van der Waals surface area (Å²) in [6.07, 6.45) is 0. The Kier molecular flexibility index (Phi) is 11.8. The van der Waals surface area contributed by atoms with E-state index in [-0.39, 0.29) is 32.5 Å². The first-order chi connectivity index (χ1) is 25.7. The van der Waals surface area contributed by atoms with Crippen LogP contribution in [0.4, 0.5) is 17.1 Å². The van der Waals surface area contributed by atoms with Gasteiger partial charge in [-0.1, -0.05) is 125 Å². The van der Waals surface area contributed by atoms with Gasteiger partial charge in [0.25, 0.3) is 0 Å². The van der Waals surface area contributed by atoms with E-state index in [1.807, 2.05) is 21.1 Å². The van der Waals surface area contributed by atoms with Gasteiger partial charge in [-0.2, -0.15) is 0 Å². The molecule has 6 N–H and O–H groups in total. The van der Waals surface area contributed by atoms with Crippen LogP contribution in [-0.2, 0) is 32.5 Å². The van der Waals surface area contributed by atoms with Crippen LogP contribution in [0.15, 0.2) is 36.4 Å². The summed E-state index contributed by atoms with van der Waals surface area (Å²) in [5.74, 6) is 0.984. The quantitative estimate of drug-likeness (QED) is 0.117. The fourth-order valence-electron chi connectivity index (χ4n) is 8.13. The van der Waals surface area contributed by atoms with Gasteiger partial charge in [0, 0.05) is 71.2 Å². The number of hydrogen-bond donors (Lipinski definition) is 6. The molecule has 0 aliphatic rings. The van der Waals surface area contributed by atoms with E-state index in [9.17, 15) is 15.3 Å². The van der Waals surface area contributed by atoms with Crippen LogP contribution < -0.4 is 16.0 Å². The summed E-state index contributed by atoms with van der Waals surface area (Å²) in [6, 6.07) is 12.9. The van der Waals surface area contributed by atoms with Crippen LogP contribution in [0, 0.1) is 0 Å². The van der Waals surface area contributed by atoms with Crippen molar-refractivity contribution in [1.29, 1.82) is 0 Å². The number of phenols is 3. The van der Waals surface area contributed by atoms with Crippen LogP contribution in [0.5, 0.6) is 17.2 Å². The summed E-state index contributed by atoms with van der Waals surface area (Å²) in [6.45, 7) is 38.6. The number of rotatable bonds is 6. The highest BCUT2D eigenvalue weighted by Crippen LogP contribution is 2.57. The second-order valence-electron chi connectivity index (χ2n) is 22.3. The summed E-state index contributed by atoms with van der Waals surface area (Å²) in [4.78, 5) is 0. The van der Waals surface area contributed by atoms with Crippen LogP contribution in [-0.4, -0.2) is 36.5 Å². The number of anilines is 3. The lowest BCUT2D eigenvalue weighted by Gasteiger charge is -2.33. The maximum atomic E-state index is 11.9. The van der Waals surface area contributed by atoms with Gasteiger partial charge in [0.05, 0.1) is 17.1 Å². The van der Waals surface area contributed by atoms with Crippen LogP contribution in [0.1, 0.15) is 158 Å². The lowest BCUT2D eigenvalue weighted by atomic mass is 9.75. The highest BCUT2D eigenvalue weighted by atomic mass is 16.3. The third kappa shape index (κ3) is 8.61. The molecule has 0 bridgehead atoms. The van der Waals surface area contributed by atoms with Gasteiger partial charge in [0.15, 0.2) is 0 Å². The highest BCUT2D eigenvalue weighted by Gasteiger charge is 2.35. The molecule has 4 aromatic carbocycles. The topological polar surface area (TPSA) is 96.8 Å². The Hall–Kier alpha value is -4.32. The molecule has 6 nitrogen and oxygen atoms in total. The molecule has 0 aliphatic heterocycles. The molecule has 0 radical (unpaired) electrons. The van der Waals surface area contributed by atoms with E-state index in [2.05, 4.69) is 177 Å². The number of phenolic OH excluding ortho intramolecular Hbond substituents is 3. The summed E-state index contributed by atoms with van der Waals surface area (Å²) in [5.41, 5.74) is 11.7. The predicted molar refractivity (Wildman–Crippen MR) is 249 cm³/mol.